The van der Waals surface area contributed by atoms with Gasteiger partial charge in [-0.2, -0.15) is 0 Å². The molecule has 5 aromatic rings. The van der Waals surface area contributed by atoms with Crippen LogP contribution in [0.2, 0.25) is 5.02 Å². The van der Waals surface area contributed by atoms with E-state index < -0.39 is 17.8 Å². The molecule has 7 nitrogen and oxygen atoms in total. The van der Waals surface area contributed by atoms with Crippen LogP contribution in [0.4, 0.5) is 5.69 Å². The number of benzene rings is 4. The van der Waals surface area contributed by atoms with Gasteiger partial charge in [-0.25, -0.2) is 4.79 Å². The van der Waals surface area contributed by atoms with Crippen molar-refractivity contribution in [2.75, 3.05) is 4.90 Å². The Morgan fingerprint density at radius 1 is 0.791 bits per heavy atom. The van der Waals surface area contributed by atoms with Gasteiger partial charge < -0.3 is 9.67 Å². The fourth-order valence-corrected chi connectivity index (χ4v) is 5.44. The number of nitrogens with zero attached hydrogens (tertiary/aromatic N) is 2. The van der Waals surface area contributed by atoms with Crippen molar-refractivity contribution in [1.82, 2.24) is 9.88 Å². The van der Waals surface area contributed by atoms with Crippen LogP contribution in [0.15, 0.2) is 121 Å². The maximum atomic E-state index is 13.9. The zero-order valence-corrected chi connectivity index (χ0v) is 24.0. The lowest BCUT2D eigenvalue weighted by Crippen LogP contribution is -2.54. The molecule has 0 atom stereocenters. The molecule has 0 radical (unpaired) electrons. The van der Waals surface area contributed by atoms with Crippen LogP contribution in [0.3, 0.4) is 0 Å². The molecule has 1 aromatic heterocycles. The number of carbonyl (C=O) groups is 3. The first kappa shape index (κ1) is 27.8. The van der Waals surface area contributed by atoms with Crippen LogP contribution >= 0.6 is 23.8 Å². The minimum absolute atomic E-state index is 0.0190. The number of thiocarbonyl (C=S) groups is 1. The van der Waals surface area contributed by atoms with E-state index in [9.17, 15) is 19.5 Å². The standard InChI is InChI=1S/C34H22ClN3O4S/c35-25-14-16-26(17-15-25)37-29(21-8-3-1-4-9-21)20-24(30(37)22-10-5-2-6-11-22)19-28-31(39)36-34(43)38(32(28)40)27-13-7-12-23(18-27)33(41)42/h1-20H,(H,41,42)(H,36,39,43). The average molecular weight is 604 g/mol. The van der Waals surface area contributed by atoms with E-state index in [0.717, 1.165) is 33.1 Å². The molecule has 2 N–H and O–H groups in total. The lowest BCUT2D eigenvalue weighted by molar-refractivity contribution is -0.122. The first-order valence-electron chi connectivity index (χ1n) is 13.2. The Kier molecular flexibility index (Phi) is 7.46. The van der Waals surface area contributed by atoms with Crippen LogP contribution in [-0.4, -0.2) is 32.6 Å². The first-order valence-corrected chi connectivity index (χ1v) is 14.0. The van der Waals surface area contributed by atoms with Crippen LogP contribution in [0, 0.1) is 0 Å². The summed E-state index contributed by atoms with van der Waals surface area (Å²) in [7, 11) is 0. The molecule has 43 heavy (non-hydrogen) atoms. The monoisotopic (exact) mass is 603 g/mol. The third kappa shape index (κ3) is 5.37. The Morgan fingerprint density at radius 2 is 1.44 bits per heavy atom. The summed E-state index contributed by atoms with van der Waals surface area (Å²) in [6.45, 7) is 0. The molecule has 0 spiro atoms. The molecule has 1 aliphatic rings. The topological polar surface area (TPSA) is 91.6 Å². The average Bonchev–Trinajstić information content (AvgIpc) is 3.39. The second kappa shape index (κ2) is 11.5. The molecular formula is C34H22ClN3O4S. The highest BCUT2D eigenvalue weighted by atomic mass is 35.5. The molecule has 0 unspecified atom stereocenters. The van der Waals surface area contributed by atoms with Gasteiger partial charge in [0.1, 0.15) is 5.57 Å². The highest BCUT2D eigenvalue weighted by Gasteiger charge is 2.35. The van der Waals surface area contributed by atoms with Crippen molar-refractivity contribution >= 4 is 58.5 Å². The number of rotatable bonds is 6. The van der Waals surface area contributed by atoms with E-state index in [2.05, 4.69) is 9.88 Å². The normalized spacial score (nSPS) is 14.2. The predicted octanol–water partition coefficient (Wildman–Crippen LogP) is 6.99. The SMILES string of the molecule is O=C1NC(=S)N(c2cccc(C(=O)O)c2)C(=O)C1=Cc1cc(-c2ccccc2)n(-c2ccc(Cl)cc2)c1-c1ccccc1. The lowest BCUT2D eigenvalue weighted by Gasteiger charge is -2.29. The minimum Gasteiger partial charge on any atom is -0.478 e. The Morgan fingerprint density at radius 3 is 2.09 bits per heavy atom. The van der Waals surface area contributed by atoms with Gasteiger partial charge in [0.25, 0.3) is 11.8 Å². The van der Waals surface area contributed by atoms with Gasteiger partial charge in [0, 0.05) is 16.3 Å². The Bertz CT molecular complexity index is 1930. The number of amides is 2. The predicted molar refractivity (Wildman–Crippen MR) is 171 cm³/mol. The fourth-order valence-electron chi connectivity index (χ4n) is 5.04. The molecule has 4 aromatic carbocycles. The van der Waals surface area contributed by atoms with E-state index in [1.54, 1.807) is 24.3 Å². The van der Waals surface area contributed by atoms with Crippen molar-refractivity contribution < 1.29 is 19.5 Å². The summed E-state index contributed by atoms with van der Waals surface area (Å²) in [5.74, 6) is -2.47. The van der Waals surface area contributed by atoms with Gasteiger partial charge in [0.2, 0.25) is 0 Å². The van der Waals surface area contributed by atoms with Crippen molar-refractivity contribution in [1.29, 1.82) is 0 Å². The largest absolute Gasteiger partial charge is 0.478 e. The zero-order valence-electron chi connectivity index (χ0n) is 22.4. The summed E-state index contributed by atoms with van der Waals surface area (Å²) in [5, 5.41) is 12.5. The highest BCUT2D eigenvalue weighted by Crippen LogP contribution is 2.38. The van der Waals surface area contributed by atoms with Crippen molar-refractivity contribution in [3.63, 3.8) is 0 Å². The highest BCUT2D eigenvalue weighted by molar-refractivity contribution is 7.80. The summed E-state index contributed by atoms with van der Waals surface area (Å²) in [6.07, 6.45) is 1.55. The number of aromatic carboxylic acids is 1. The molecule has 2 amide bonds. The molecule has 6 rings (SSSR count). The fraction of sp³-hybridized carbons (Fsp3) is 0. The van der Waals surface area contributed by atoms with Crippen molar-refractivity contribution in [3.05, 3.63) is 137 Å². The van der Waals surface area contributed by atoms with E-state index in [-0.39, 0.29) is 21.9 Å². The summed E-state index contributed by atoms with van der Waals surface area (Å²) >= 11 is 11.6. The van der Waals surface area contributed by atoms with Gasteiger partial charge in [0.05, 0.1) is 22.6 Å². The molecular weight excluding hydrogens is 582 g/mol. The number of hydrogen-bond donors (Lipinski definition) is 2. The van der Waals surface area contributed by atoms with Gasteiger partial charge in [-0.1, -0.05) is 78.3 Å². The van der Waals surface area contributed by atoms with Crippen LogP contribution in [0.5, 0.6) is 0 Å². The van der Waals surface area contributed by atoms with E-state index >= 15 is 0 Å². The Balaban J connectivity index is 1.58. The number of hydrogen-bond acceptors (Lipinski definition) is 4. The van der Waals surface area contributed by atoms with E-state index in [1.807, 2.05) is 78.9 Å². The summed E-state index contributed by atoms with van der Waals surface area (Å²) in [4.78, 5) is 39.9. The quantitative estimate of drug-likeness (QED) is 0.124. The second-order valence-corrected chi connectivity index (χ2v) is 10.5. The third-order valence-corrected chi connectivity index (χ3v) is 7.52. The third-order valence-electron chi connectivity index (χ3n) is 6.98. The van der Waals surface area contributed by atoms with Crippen LogP contribution in [0.25, 0.3) is 34.3 Å². The number of halogens is 1. The molecule has 210 valence electrons. The van der Waals surface area contributed by atoms with Gasteiger partial charge in [-0.15, -0.1) is 0 Å². The molecule has 9 heteroatoms. The van der Waals surface area contributed by atoms with Gasteiger partial charge in [-0.3, -0.25) is 19.8 Å². The second-order valence-electron chi connectivity index (χ2n) is 9.69. The number of carbonyl (C=O) groups excluding carboxylic acids is 2. The van der Waals surface area contributed by atoms with Gasteiger partial charge in [-0.05, 0) is 78.0 Å². The molecule has 1 saturated heterocycles. The summed E-state index contributed by atoms with van der Waals surface area (Å²) < 4.78 is 2.07. The van der Waals surface area contributed by atoms with E-state index in [0.29, 0.717) is 10.6 Å². The molecule has 1 aliphatic heterocycles. The van der Waals surface area contributed by atoms with E-state index in [1.165, 1.54) is 18.2 Å². The van der Waals surface area contributed by atoms with E-state index in [4.69, 9.17) is 23.8 Å². The van der Waals surface area contributed by atoms with Crippen molar-refractivity contribution in [2.24, 2.45) is 0 Å². The molecule has 0 saturated carbocycles. The van der Waals surface area contributed by atoms with Gasteiger partial charge >= 0.3 is 5.97 Å². The van der Waals surface area contributed by atoms with Crippen LogP contribution in [-0.2, 0) is 9.59 Å². The number of carboxylic acids is 1. The smallest absolute Gasteiger partial charge is 0.335 e. The maximum absolute atomic E-state index is 13.9. The minimum atomic E-state index is -1.15. The first-order chi connectivity index (χ1) is 20.8. The molecule has 0 bridgehead atoms. The van der Waals surface area contributed by atoms with Crippen molar-refractivity contribution in [2.45, 2.75) is 0 Å². The number of nitrogens with one attached hydrogen (secondary N) is 1. The number of aromatic nitrogens is 1. The lowest BCUT2D eigenvalue weighted by atomic mass is 10.0. The zero-order chi connectivity index (χ0) is 30.1. The Hall–Kier alpha value is -5.31. The summed E-state index contributed by atoms with van der Waals surface area (Å²) in [6, 6.07) is 34.6. The van der Waals surface area contributed by atoms with Crippen LogP contribution < -0.4 is 10.2 Å². The maximum Gasteiger partial charge on any atom is 0.335 e. The number of carboxylic acid groups (broad SMARTS) is 1. The molecule has 0 aliphatic carbocycles. The van der Waals surface area contributed by atoms with Crippen LogP contribution in [0.1, 0.15) is 15.9 Å². The Labute approximate surface area is 257 Å². The number of anilines is 1. The molecule has 2 heterocycles. The van der Waals surface area contributed by atoms with Crippen molar-refractivity contribution in [3.8, 4) is 28.2 Å². The summed E-state index contributed by atoms with van der Waals surface area (Å²) in [5.41, 5.74) is 4.87. The molecule has 1 fully saturated rings. The van der Waals surface area contributed by atoms with Gasteiger partial charge in [0.15, 0.2) is 5.11 Å².